The molecule has 3 rings (SSSR count). The first-order valence-corrected chi connectivity index (χ1v) is 9.01. The van der Waals surface area contributed by atoms with Crippen LogP contribution in [0.25, 0.3) is 10.4 Å². The van der Waals surface area contributed by atoms with Crippen LogP contribution in [0.2, 0.25) is 0 Å². The van der Waals surface area contributed by atoms with Crippen LogP contribution in [-0.2, 0) is 11.2 Å². The molecular weight excluding hydrogens is 364 g/mol. The van der Waals surface area contributed by atoms with E-state index in [1.165, 1.54) is 18.4 Å². The molecule has 0 aliphatic heterocycles. The number of aliphatic carboxylic acids is 1. The zero-order chi connectivity index (χ0) is 19.4. The van der Waals surface area contributed by atoms with Gasteiger partial charge in [0.05, 0.1) is 31.1 Å². The molecular formula is C21H18O5S. The van der Waals surface area contributed by atoms with Crippen molar-refractivity contribution in [1.82, 2.24) is 0 Å². The quantitative estimate of drug-likeness (QED) is 0.617. The molecule has 5 nitrogen and oxygen atoms in total. The lowest BCUT2D eigenvalue weighted by Gasteiger charge is -2.05. The van der Waals surface area contributed by atoms with Crippen molar-refractivity contribution in [2.75, 3.05) is 14.2 Å². The summed E-state index contributed by atoms with van der Waals surface area (Å²) in [5.74, 6) is 0.0600. The Morgan fingerprint density at radius 3 is 2.33 bits per heavy atom. The number of carbonyl (C=O) groups is 2. The zero-order valence-corrected chi connectivity index (χ0v) is 15.7. The number of thiophene rings is 1. The van der Waals surface area contributed by atoms with Gasteiger partial charge in [-0.1, -0.05) is 12.1 Å². The van der Waals surface area contributed by atoms with Crippen LogP contribution in [0.3, 0.4) is 0 Å². The van der Waals surface area contributed by atoms with Gasteiger partial charge in [0.15, 0.2) is 0 Å². The number of carbonyl (C=O) groups excluding carboxylic acids is 1. The van der Waals surface area contributed by atoms with Gasteiger partial charge in [-0.2, -0.15) is 0 Å². The fraction of sp³-hybridized carbons (Fsp3) is 0.143. The average molecular weight is 382 g/mol. The number of hydrogen-bond acceptors (Lipinski definition) is 5. The Morgan fingerprint density at radius 2 is 1.70 bits per heavy atom. The van der Waals surface area contributed by atoms with Crippen molar-refractivity contribution >= 4 is 23.1 Å². The van der Waals surface area contributed by atoms with Gasteiger partial charge in [0.25, 0.3) is 0 Å². The first-order valence-electron chi connectivity index (χ1n) is 8.20. The van der Waals surface area contributed by atoms with Gasteiger partial charge < -0.3 is 14.6 Å². The third-order valence-corrected chi connectivity index (χ3v) is 5.30. The first-order chi connectivity index (χ1) is 13.0. The molecule has 0 spiro atoms. The molecule has 0 amide bonds. The van der Waals surface area contributed by atoms with Crippen LogP contribution in [0.1, 0.15) is 20.8 Å². The van der Waals surface area contributed by atoms with Crippen molar-refractivity contribution in [2.24, 2.45) is 0 Å². The molecule has 1 aromatic heterocycles. The second-order valence-electron chi connectivity index (χ2n) is 5.79. The Hall–Kier alpha value is -3.12. The minimum absolute atomic E-state index is 0.156. The molecule has 1 heterocycles. The summed E-state index contributed by atoms with van der Waals surface area (Å²) in [5, 5.41) is 9.25. The van der Waals surface area contributed by atoms with E-state index in [9.17, 15) is 14.7 Å². The van der Waals surface area contributed by atoms with Crippen LogP contribution < -0.4 is 9.47 Å². The summed E-state index contributed by atoms with van der Waals surface area (Å²) in [4.78, 5) is 25.5. The van der Waals surface area contributed by atoms with Gasteiger partial charge >= 0.3 is 5.97 Å². The topological polar surface area (TPSA) is 72.8 Å². The molecule has 0 bridgehead atoms. The molecule has 0 saturated heterocycles. The molecule has 1 N–H and O–H groups in total. The Labute approximate surface area is 160 Å². The molecule has 0 saturated carbocycles. The summed E-state index contributed by atoms with van der Waals surface area (Å²) >= 11 is 1.28. The highest BCUT2D eigenvalue weighted by molar-refractivity contribution is 7.17. The van der Waals surface area contributed by atoms with Crippen molar-refractivity contribution in [3.63, 3.8) is 0 Å². The number of rotatable bonds is 7. The van der Waals surface area contributed by atoms with Crippen molar-refractivity contribution in [3.8, 4) is 21.9 Å². The normalized spacial score (nSPS) is 10.4. The molecule has 0 radical (unpaired) electrons. The van der Waals surface area contributed by atoms with Gasteiger partial charge in [-0.05, 0) is 53.6 Å². The van der Waals surface area contributed by atoms with Crippen molar-refractivity contribution < 1.29 is 24.2 Å². The second-order valence-corrected chi connectivity index (χ2v) is 6.85. The SMILES string of the molecule is COc1ccc(-c2sc(C(=O)c3ccccc3OC)cc2CC(=O)O)cc1. The fourth-order valence-electron chi connectivity index (χ4n) is 2.79. The minimum atomic E-state index is -0.946. The molecule has 27 heavy (non-hydrogen) atoms. The maximum absolute atomic E-state index is 13.0. The van der Waals surface area contributed by atoms with Gasteiger partial charge in [-0.25, -0.2) is 0 Å². The summed E-state index contributed by atoms with van der Waals surface area (Å²) in [6, 6.07) is 16.0. The Kier molecular flexibility index (Phi) is 5.57. The predicted molar refractivity (Wildman–Crippen MR) is 104 cm³/mol. The number of carboxylic acids is 1. The molecule has 0 atom stereocenters. The van der Waals surface area contributed by atoms with E-state index in [1.807, 2.05) is 12.1 Å². The molecule has 0 aliphatic carbocycles. The smallest absolute Gasteiger partial charge is 0.307 e. The standard InChI is InChI=1S/C21H18O5S/c1-25-15-9-7-13(8-10-15)21-14(12-19(22)23)11-18(27-21)20(24)16-5-3-4-6-17(16)26-2/h3-11H,12H2,1-2H3,(H,22,23). The highest BCUT2D eigenvalue weighted by Gasteiger charge is 2.21. The zero-order valence-electron chi connectivity index (χ0n) is 14.9. The largest absolute Gasteiger partial charge is 0.497 e. The Balaban J connectivity index is 2.05. The highest BCUT2D eigenvalue weighted by atomic mass is 32.1. The van der Waals surface area contributed by atoms with Gasteiger partial charge in [0.1, 0.15) is 11.5 Å². The molecule has 3 aromatic rings. The molecule has 6 heteroatoms. The molecule has 0 unspecified atom stereocenters. The van der Waals surface area contributed by atoms with Crippen molar-refractivity contribution in [1.29, 1.82) is 0 Å². The maximum Gasteiger partial charge on any atom is 0.307 e. The molecule has 138 valence electrons. The van der Waals surface area contributed by atoms with E-state index >= 15 is 0 Å². The van der Waals surface area contributed by atoms with Crippen LogP contribution >= 0.6 is 11.3 Å². The van der Waals surface area contributed by atoms with Crippen LogP contribution in [0.5, 0.6) is 11.5 Å². The van der Waals surface area contributed by atoms with Gasteiger partial charge in [0.2, 0.25) is 5.78 Å². The number of ether oxygens (including phenoxy) is 2. The fourth-order valence-corrected chi connectivity index (χ4v) is 3.93. The van der Waals surface area contributed by atoms with E-state index in [-0.39, 0.29) is 12.2 Å². The lowest BCUT2D eigenvalue weighted by atomic mass is 10.0. The Bertz CT molecular complexity index is 972. The third kappa shape index (κ3) is 4.01. The number of carboxylic acid groups (broad SMARTS) is 1. The van der Waals surface area contributed by atoms with E-state index < -0.39 is 5.97 Å². The average Bonchev–Trinajstić information content (AvgIpc) is 3.10. The number of benzene rings is 2. The van der Waals surface area contributed by atoms with E-state index in [0.717, 1.165) is 10.4 Å². The maximum atomic E-state index is 13.0. The highest BCUT2D eigenvalue weighted by Crippen LogP contribution is 2.36. The predicted octanol–water partition coefficient (Wildman–Crippen LogP) is 4.29. The van der Waals surface area contributed by atoms with E-state index in [1.54, 1.807) is 49.6 Å². The van der Waals surface area contributed by atoms with Crippen molar-refractivity contribution in [3.05, 3.63) is 70.6 Å². The molecule has 0 fully saturated rings. The van der Waals surface area contributed by atoms with E-state index in [0.29, 0.717) is 27.5 Å². The number of para-hydroxylation sites is 1. The third-order valence-electron chi connectivity index (χ3n) is 4.08. The first kappa shape index (κ1) is 18.7. The summed E-state index contributed by atoms with van der Waals surface area (Å²) in [5.41, 5.74) is 1.90. The van der Waals surface area contributed by atoms with Gasteiger partial charge in [-0.3, -0.25) is 9.59 Å². The van der Waals surface area contributed by atoms with Crippen LogP contribution in [-0.4, -0.2) is 31.1 Å². The number of ketones is 1. The summed E-state index contributed by atoms with van der Waals surface area (Å²) in [6.45, 7) is 0. The summed E-state index contributed by atoms with van der Waals surface area (Å²) < 4.78 is 10.4. The number of methoxy groups -OCH3 is 2. The van der Waals surface area contributed by atoms with Gasteiger partial charge in [0, 0.05) is 4.88 Å². The number of hydrogen-bond donors (Lipinski definition) is 1. The van der Waals surface area contributed by atoms with Crippen LogP contribution in [0.4, 0.5) is 0 Å². The van der Waals surface area contributed by atoms with Crippen molar-refractivity contribution in [2.45, 2.75) is 6.42 Å². The van der Waals surface area contributed by atoms with Crippen LogP contribution in [0, 0.1) is 0 Å². The van der Waals surface area contributed by atoms with E-state index in [2.05, 4.69) is 0 Å². The second kappa shape index (κ2) is 8.05. The molecule has 0 aliphatic rings. The van der Waals surface area contributed by atoms with E-state index in [4.69, 9.17) is 9.47 Å². The Morgan fingerprint density at radius 1 is 1.00 bits per heavy atom. The molecule has 2 aromatic carbocycles. The summed E-state index contributed by atoms with van der Waals surface area (Å²) in [6.07, 6.45) is -0.156. The lowest BCUT2D eigenvalue weighted by Crippen LogP contribution is -2.02. The summed E-state index contributed by atoms with van der Waals surface area (Å²) in [7, 11) is 3.10. The van der Waals surface area contributed by atoms with Crippen LogP contribution in [0.15, 0.2) is 54.6 Å². The van der Waals surface area contributed by atoms with Gasteiger partial charge in [-0.15, -0.1) is 11.3 Å². The monoisotopic (exact) mass is 382 g/mol. The lowest BCUT2D eigenvalue weighted by molar-refractivity contribution is -0.136. The minimum Gasteiger partial charge on any atom is -0.497 e.